The highest BCUT2D eigenvalue weighted by atomic mass is 35.5. The van der Waals surface area contributed by atoms with E-state index in [2.05, 4.69) is 5.32 Å². The van der Waals surface area contributed by atoms with E-state index in [1.165, 1.54) is 12.8 Å². The molecule has 6 heteroatoms. The van der Waals surface area contributed by atoms with Crippen LogP contribution in [-0.2, 0) is 9.53 Å². The molecule has 0 saturated heterocycles. The summed E-state index contributed by atoms with van der Waals surface area (Å²) in [6, 6.07) is 4.89. The lowest BCUT2D eigenvalue weighted by Crippen LogP contribution is -2.30. The second-order valence-corrected chi connectivity index (χ2v) is 5.90. The van der Waals surface area contributed by atoms with Crippen LogP contribution in [0.25, 0.3) is 0 Å². The van der Waals surface area contributed by atoms with Gasteiger partial charge in [-0.25, -0.2) is 0 Å². The van der Waals surface area contributed by atoms with E-state index in [0.29, 0.717) is 28.9 Å². The molecule has 1 aromatic rings. The maximum absolute atomic E-state index is 11.6. The third-order valence-electron chi connectivity index (χ3n) is 3.10. The van der Waals surface area contributed by atoms with Crippen molar-refractivity contribution in [3.8, 4) is 5.75 Å². The summed E-state index contributed by atoms with van der Waals surface area (Å²) in [4.78, 5) is 11.6. The Kier molecular flexibility index (Phi) is 6.61. The highest BCUT2D eigenvalue weighted by Crippen LogP contribution is 2.28. The van der Waals surface area contributed by atoms with Crippen LogP contribution in [0.4, 0.5) is 0 Å². The summed E-state index contributed by atoms with van der Waals surface area (Å²) in [6.07, 6.45) is 3.40. The Hall–Kier alpha value is -0.970. The van der Waals surface area contributed by atoms with Gasteiger partial charge >= 0.3 is 0 Å². The molecule has 0 aliphatic heterocycles. The molecule has 1 fully saturated rings. The molecule has 2 rings (SSSR count). The smallest absolute Gasteiger partial charge is 0.257 e. The van der Waals surface area contributed by atoms with Gasteiger partial charge in [0.1, 0.15) is 5.75 Å². The molecule has 1 amide bonds. The summed E-state index contributed by atoms with van der Waals surface area (Å²) in [7, 11) is 0. The molecule has 1 N–H and O–H groups in total. The predicted octanol–water partition coefficient (Wildman–Crippen LogP) is 3.31. The fourth-order valence-electron chi connectivity index (χ4n) is 1.70. The van der Waals surface area contributed by atoms with E-state index >= 15 is 0 Å². The van der Waals surface area contributed by atoms with Gasteiger partial charge in [0.25, 0.3) is 5.91 Å². The molecule has 0 bridgehead atoms. The number of carbonyl (C=O) groups excluding carboxylic acids is 1. The maximum Gasteiger partial charge on any atom is 0.257 e. The molecular weight excluding hydrogens is 313 g/mol. The number of nitrogens with one attached hydrogen (secondary N) is 1. The van der Waals surface area contributed by atoms with Crippen LogP contribution in [0.1, 0.15) is 19.3 Å². The second kappa shape index (κ2) is 8.47. The first kappa shape index (κ1) is 16.4. The van der Waals surface area contributed by atoms with Gasteiger partial charge in [0.15, 0.2) is 6.61 Å². The lowest BCUT2D eigenvalue weighted by atomic mass is 10.3. The van der Waals surface area contributed by atoms with E-state index in [1.54, 1.807) is 18.2 Å². The zero-order chi connectivity index (χ0) is 15.1. The summed E-state index contributed by atoms with van der Waals surface area (Å²) in [6.45, 7) is 2.09. The summed E-state index contributed by atoms with van der Waals surface area (Å²) in [5, 5.41) is 3.64. The molecule has 4 nitrogen and oxygen atoms in total. The lowest BCUT2D eigenvalue weighted by Gasteiger charge is -2.08. The van der Waals surface area contributed by atoms with Gasteiger partial charge < -0.3 is 14.8 Å². The first-order valence-electron chi connectivity index (χ1n) is 7.07. The molecule has 0 atom stereocenters. The SMILES string of the molecule is O=C(COc1ccc(Cl)c(Cl)c1)NCCCOCC1CC1. The molecule has 0 heterocycles. The molecule has 21 heavy (non-hydrogen) atoms. The van der Waals surface area contributed by atoms with E-state index in [0.717, 1.165) is 18.9 Å². The van der Waals surface area contributed by atoms with E-state index in [-0.39, 0.29) is 12.5 Å². The molecule has 0 spiro atoms. The van der Waals surface area contributed by atoms with E-state index in [4.69, 9.17) is 32.7 Å². The Bertz CT molecular complexity index is 478. The maximum atomic E-state index is 11.6. The average Bonchev–Trinajstić information content (AvgIpc) is 3.28. The lowest BCUT2D eigenvalue weighted by molar-refractivity contribution is -0.123. The van der Waals surface area contributed by atoms with Crippen molar-refractivity contribution in [1.82, 2.24) is 5.32 Å². The van der Waals surface area contributed by atoms with E-state index in [9.17, 15) is 4.79 Å². The minimum absolute atomic E-state index is 0.0408. The van der Waals surface area contributed by atoms with Gasteiger partial charge in [-0.15, -0.1) is 0 Å². The van der Waals surface area contributed by atoms with Crippen molar-refractivity contribution in [3.63, 3.8) is 0 Å². The second-order valence-electron chi connectivity index (χ2n) is 5.09. The first-order valence-corrected chi connectivity index (χ1v) is 7.83. The molecule has 1 saturated carbocycles. The third kappa shape index (κ3) is 6.55. The highest BCUT2D eigenvalue weighted by molar-refractivity contribution is 6.42. The summed E-state index contributed by atoms with van der Waals surface area (Å²) in [5.41, 5.74) is 0. The summed E-state index contributed by atoms with van der Waals surface area (Å²) < 4.78 is 10.8. The zero-order valence-electron chi connectivity index (χ0n) is 11.7. The van der Waals surface area contributed by atoms with Crippen LogP contribution in [0, 0.1) is 5.92 Å². The standard InChI is InChI=1S/C15H19Cl2NO3/c16-13-5-4-12(8-14(13)17)21-10-15(19)18-6-1-7-20-9-11-2-3-11/h4-5,8,11H,1-3,6-7,9-10H2,(H,18,19). The summed E-state index contributed by atoms with van der Waals surface area (Å²) in [5.74, 6) is 1.13. The number of amides is 1. The third-order valence-corrected chi connectivity index (χ3v) is 3.84. The van der Waals surface area contributed by atoms with Gasteiger partial charge in [-0.05, 0) is 37.3 Å². The van der Waals surface area contributed by atoms with Crippen molar-refractivity contribution < 1.29 is 14.3 Å². The van der Waals surface area contributed by atoms with Crippen LogP contribution in [0.3, 0.4) is 0 Å². The van der Waals surface area contributed by atoms with E-state index < -0.39 is 0 Å². The molecule has 1 aromatic carbocycles. The van der Waals surface area contributed by atoms with Crippen molar-refractivity contribution in [2.75, 3.05) is 26.4 Å². The fourth-order valence-corrected chi connectivity index (χ4v) is 1.99. The Morgan fingerprint density at radius 1 is 1.29 bits per heavy atom. The van der Waals surface area contributed by atoms with Crippen molar-refractivity contribution in [2.45, 2.75) is 19.3 Å². The molecule has 1 aliphatic rings. The molecular formula is C15H19Cl2NO3. The van der Waals surface area contributed by atoms with Crippen molar-refractivity contribution >= 4 is 29.1 Å². The van der Waals surface area contributed by atoms with Crippen LogP contribution in [0.5, 0.6) is 5.75 Å². The average molecular weight is 332 g/mol. The number of ether oxygens (including phenoxy) is 2. The van der Waals surface area contributed by atoms with Crippen LogP contribution >= 0.6 is 23.2 Å². The number of halogens is 2. The number of carbonyl (C=O) groups is 1. The van der Waals surface area contributed by atoms with Crippen LogP contribution in [0.2, 0.25) is 10.0 Å². The number of hydrogen-bond donors (Lipinski definition) is 1. The number of benzene rings is 1. The number of hydrogen-bond acceptors (Lipinski definition) is 3. The van der Waals surface area contributed by atoms with Gasteiger partial charge in [0.05, 0.1) is 10.0 Å². The Labute approximate surface area is 134 Å². The predicted molar refractivity (Wildman–Crippen MR) is 83.1 cm³/mol. The van der Waals surface area contributed by atoms with Gasteiger partial charge in [0, 0.05) is 25.8 Å². The largest absolute Gasteiger partial charge is 0.484 e. The van der Waals surface area contributed by atoms with E-state index in [1.807, 2.05) is 0 Å². The minimum Gasteiger partial charge on any atom is -0.484 e. The van der Waals surface area contributed by atoms with Crippen molar-refractivity contribution in [1.29, 1.82) is 0 Å². The van der Waals surface area contributed by atoms with Crippen molar-refractivity contribution in [3.05, 3.63) is 28.2 Å². The normalized spacial score (nSPS) is 14.0. The van der Waals surface area contributed by atoms with Crippen LogP contribution in [0.15, 0.2) is 18.2 Å². The van der Waals surface area contributed by atoms with Gasteiger partial charge in [0.2, 0.25) is 0 Å². The molecule has 116 valence electrons. The van der Waals surface area contributed by atoms with Gasteiger partial charge in [-0.3, -0.25) is 4.79 Å². The highest BCUT2D eigenvalue weighted by Gasteiger charge is 2.20. The molecule has 1 aliphatic carbocycles. The van der Waals surface area contributed by atoms with Gasteiger partial charge in [-0.1, -0.05) is 23.2 Å². The van der Waals surface area contributed by atoms with Gasteiger partial charge in [-0.2, -0.15) is 0 Å². The van der Waals surface area contributed by atoms with Crippen molar-refractivity contribution in [2.24, 2.45) is 5.92 Å². The summed E-state index contributed by atoms with van der Waals surface area (Å²) >= 11 is 11.7. The zero-order valence-corrected chi connectivity index (χ0v) is 13.3. The Morgan fingerprint density at radius 3 is 2.81 bits per heavy atom. The molecule has 0 unspecified atom stereocenters. The van der Waals surface area contributed by atoms with Crippen LogP contribution < -0.4 is 10.1 Å². The first-order chi connectivity index (χ1) is 10.1. The monoisotopic (exact) mass is 331 g/mol. The minimum atomic E-state index is -0.164. The molecule has 0 radical (unpaired) electrons. The van der Waals surface area contributed by atoms with Crippen LogP contribution in [-0.4, -0.2) is 32.3 Å². The Balaban J connectivity index is 1.53. The molecule has 0 aromatic heterocycles. The Morgan fingerprint density at radius 2 is 2.10 bits per heavy atom. The fraction of sp³-hybridized carbons (Fsp3) is 0.533. The quantitative estimate of drug-likeness (QED) is 0.706. The topological polar surface area (TPSA) is 47.6 Å². The number of rotatable bonds is 9.